The molecule has 1 fully saturated rings. The summed E-state index contributed by atoms with van der Waals surface area (Å²) in [5, 5.41) is 11.1. The van der Waals surface area contributed by atoms with Crippen LogP contribution >= 0.6 is 0 Å². The summed E-state index contributed by atoms with van der Waals surface area (Å²) in [6, 6.07) is 1.93. The first-order valence-corrected chi connectivity index (χ1v) is 9.13. The maximum absolute atomic E-state index is 12.8. The van der Waals surface area contributed by atoms with Crippen molar-refractivity contribution in [2.45, 2.75) is 58.4 Å². The molecule has 0 radical (unpaired) electrons. The molecule has 1 saturated heterocycles. The fourth-order valence-electron chi connectivity index (χ4n) is 3.22. The van der Waals surface area contributed by atoms with Crippen molar-refractivity contribution in [3.05, 3.63) is 29.4 Å². The Morgan fingerprint density at radius 1 is 1.38 bits per heavy atom. The number of aromatic nitrogens is 4. The molecular weight excluding hydrogens is 332 g/mol. The molecule has 26 heavy (non-hydrogen) atoms. The Bertz CT molecular complexity index is 773. The number of rotatable bonds is 6. The summed E-state index contributed by atoms with van der Waals surface area (Å²) < 4.78 is 5.59. The Labute approximate surface area is 153 Å². The van der Waals surface area contributed by atoms with Gasteiger partial charge < -0.3 is 14.6 Å². The van der Waals surface area contributed by atoms with E-state index in [4.69, 9.17) is 4.42 Å². The standard InChI is InChI=1S/C18H26N6O2/c1-11(2)18-23-22-16(26-18)7-8-17(25)24-9-5-6-14(24)13-10-15(19-4)21-12(3)20-13/h10-11,14H,5-9H2,1-4H3,(H,19,20,21)/t14-/m1/s1. The molecule has 0 aromatic carbocycles. The molecule has 1 N–H and O–H groups in total. The van der Waals surface area contributed by atoms with Crippen LogP contribution in [-0.4, -0.2) is 44.6 Å². The molecule has 2 aromatic rings. The Hall–Kier alpha value is -2.51. The van der Waals surface area contributed by atoms with Crippen LogP contribution in [0.5, 0.6) is 0 Å². The van der Waals surface area contributed by atoms with E-state index in [0.717, 1.165) is 30.9 Å². The smallest absolute Gasteiger partial charge is 0.223 e. The topological polar surface area (TPSA) is 97.0 Å². The molecule has 8 nitrogen and oxygen atoms in total. The van der Waals surface area contributed by atoms with Gasteiger partial charge in [-0.15, -0.1) is 10.2 Å². The van der Waals surface area contributed by atoms with Gasteiger partial charge in [-0.25, -0.2) is 9.97 Å². The van der Waals surface area contributed by atoms with Crippen LogP contribution in [0.15, 0.2) is 10.5 Å². The summed E-state index contributed by atoms with van der Waals surface area (Å²) in [5.41, 5.74) is 0.896. The highest BCUT2D eigenvalue weighted by Gasteiger charge is 2.31. The monoisotopic (exact) mass is 358 g/mol. The van der Waals surface area contributed by atoms with Crippen molar-refractivity contribution in [1.29, 1.82) is 0 Å². The second-order valence-corrected chi connectivity index (χ2v) is 6.91. The van der Waals surface area contributed by atoms with Crippen LogP contribution in [0.2, 0.25) is 0 Å². The molecule has 1 aliphatic heterocycles. The number of likely N-dealkylation sites (tertiary alicyclic amines) is 1. The van der Waals surface area contributed by atoms with Gasteiger partial charge >= 0.3 is 0 Å². The van der Waals surface area contributed by atoms with Crippen LogP contribution < -0.4 is 5.32 Å². The van der Waals surface area contributed by atoms with Gasteiger partial charge in [0.25, 0.3) is 0 Å². The lowest BCUT2D eigenvalue weighted by Crippen LogP contribution is -2.31. The van der Waals surface area contributed by atoms with Crippen LogP contribution in [0.1, 0.15) is 68.4 Å². The number of nitrogens with one attached hydrogen (secondary N) is 1. The zero-order chi connectivity index (χ0) is 18.7. The second kappa shape index (κ2) is 7.80. The molecule has 0 spiro atoms. The highest BCUT2D eigenvalue weighted by molar-refractivity contribution is 5.77. The van der Waals surface area contributed by atoms with Gasteiger partial charge in [0, 0.05) is 38.4 Å². The Morgan fingerprint density at radius 3 is 2.88 bits per heavy atom. The number of carbonyl (C=O) groups is 1. The summed E-state index contributed by atoms with van der Waals surface area (Å²) in [6.45, 7) is 6.62. The third kappa shape index (κ3) is 4.00. The predicted molar refractivity (Wildman–Crippen MR) is 96.7 cm³/mol. The highest BCUT2D eigenvalue weighted by atomic mass is 16.4. The van der Waals surface area contributed by atoms with Crippen molar-refractivity contribution in [2.75, 3.05) is 18.9 Å². The molecule has 0 saturated carbocycles. The van der Waals surface area contributed by atoms with Gasteiger partial charge in [0.15, 0.2) is 0 Å². The lowest BCUT2D eigenvalue weighted by atomic mass is 10.1. The van der Waals surface area contributed by atoms with Crippen molar-refractivity contribution in [1.82, 2.24) is 25.1 Å². The average Bonchev–Trinajstić information content (AvgIpc) is 3.28. The lowest BCUT2D eigenvalue weighted by Gasteiger charge is -2.24. The maximum atomic E-state index is 12.8. The predicted octanol–water partition coefficient (Wildman–Crippen LogP) is 2.63. The van der Waals surface area contributed by atoms with Crippen molar-refractivity contribution in [3.8, 4) is 0 Å². The van der Waals surface area contributed by atoms with E-state index in [-0.39, 0.29) is 17.9 Å². The molecular formula is C18H26N6O2. The van der Waals surface area contributed by atoms with E-state index in [1.807, 2.05) is 38.8 Å². The van der Waals surface area contributed by atoms with Crippen LogP contribution in [0.25, 0.3) is 0 Å². The largest absolute Gasteiger partial charge is 0.425 e. The van der Waals surface area contributed by atoms with E-state index in [0.29, 0.717) is 30.4 Å². The third-order valence-electron chi connectivity index (χ3n) is 4.56. The van der Waals surface area contributed by atoms with Gasteiger partial charge in [0.1, 0.15) is 11.6 Å². The van der Waals surface area contributed by atoms with Gasteiger partial charge in [0.05, 0.1) is 11.7 Å². The molecule has 1 amide bonds. The molecule has 0 unspecified atom stereocenters. The average molecular weight is 358 g/mol. The van der Waals surface area contributed by atoms with Gasteiger partial charge in [-0.2, -0.15) is 0 Å². The number of aryl methyl sites for hydroxylation is 2. The van der Waals surface area contributed by atoms with Crippen LogP contribution in [0.4, 0.5) is 5.82 Å². The summed E-state index contributed by atoms with van der Waals surface area (Å²) in [7, 11) is 1.83. The van der Waals surface area contributed by atoms with Crippen LogP contribution in [-0.2, 0) is 11.2 Å². The van der Waals surface area contributed by atoms with Gasteiger partial charge in [-0.1, -0.05) is 13.8 Å². The minimum atomic E-state index is 0.00482. The van der Waals surface area contributed by atoms with E-state index >= 15 is 0 Å². The van der Waals surface area contributed by atoms with Crippen molar-refractivity contribution in [2.24, 2.45) is 0 Å². The van der Waals surface area contributed by atoms with E-state index in [1.54, 1.807) is 0 Å². The fourth-order valence-corrected chi connectivity index (χ4v) is 3.22. The zero-order valence-corrected chi connectivity index (χ0v) is 15.8. The van der Waals surface area contributed by atoms with Crippen LogP contribution in [0.3, 0.4) is 0 Å². The molecule has 3 rings (SSSR count). The number of hydrogen-bond acceptors (Lipinski definition) is 7. The first-order valence-electron chi connectivity index (χ1n) is 9.13. The highest BCUT2D eigenvalue weighted by Crippen LogP contribution is 2.32. The summed E-state index contributed by atoms with van der Waals surface area (Å²) >= 11 is 0. The number of hydrogen-bond donors (Lipinski definition) is 1. The first-order chi connectivity index (χ1) is 12.5. The van der Waals surface area contributed by atoms with E-state index in [1.165, 1.54) is 0 Å². The molecule has 0 bridgehead atoms. The third-order valence-corrected chi connectivity index (χ3v) is 4.56. The van der Waals surface area contributed by atoms with E-state index in [2.05, 4.69) is 25.5 Å². The van der Waals surface area contributed by atoms with Gasteiger partial charge in [-0.05, 0) is 19.8 Å². The second-order valence-electron chi connectivity index (χ2n) is 6.91. The van der Waals surface area contributed by atoms with E-state index in [9.17, 15) is 4.79 Å². The molecule has 140 valence electrons. The zero-order valence-electron chi connectivity index (χ0n) is 15.8. The summed E-state index contributed by atoms with van der Waals surface area (Å²) in [5.74, 6) is 2.91. The quantitative estimate of drug-likeness (QED) is 0.847. The Morgan fingerprint density at radius 2 is 2.19 bits per heavy atom. The Balaban J connectivity index is 1.67. The van der Waals surface area contributed by atoms with Gasteiger partial charge in [-0.3, -0.25) is 4.79 Å². The first kappa shape index (κ1) is 18.3. The summed E-state index contributed by atoms with van der Waals surface area (Å²) in [4.78, 5) is 23.6. The Kier molecular flexibility index (Phi) is 5.49. The number of nitrogens with zero attached hydrogens (tertiary/aromatic N) is 5. The minimum absolute atomic E-state index is 0.00482. The van der Waals surface area contributed by atoms with Crippen molar-refractivity contribution in [3.63, 3.8) is 0 Å². The normalized spacial score (nSPS) is 17.1. The minimum Gasteiger partial charge on any atom is -0.425 e. The lowest BCUT2D eigenvalue weighted by molar-refractivity contribution is -0.132. The number of carbonyl (C=O) groups excluding carboxylic acids is 1. The fraction of sp³-hybridized carbons (Fsp3) is 0.611. The number of anilines is 1. The summed E-state index contributed by atoms with van der Waals surface area (Å²) in [6.07, 6.45) is 2.72. The number of amides is 1. The molecule has 1 atom stereocenters. The van der Waals surface area contributed by atoms with Crippen molar-refractivity contribution < 1.29 is 9.21 Å². The SMILES string of the molecule is CNc1cc([C@H]2CCCN2C(=O)CCc2nnc(C(C)C)o2)nc(C)n1. The molecule has 0 aliphatic carbocycles. The molecule has 1 aliphatic rings. The molecule has 3 heterocycles. The van der Waals surface area contributed by atoms with Gasteiger partial charge in [0.2, 0.25) is 17.7 Å². The van der Waals surface area contributed by atoms with Crippen LogP contribution in [0, 0.1) is 6.92 Å². The maximum Gasteiger partial charge on any atom is 0.223 e. The molecule has 8 heteroatoms. The molecule has 2 aromatic heterocycles. The van der Waals surface area contributed by atoms with E-state index < -0.39 is 0 Å². The van der Waals surface area contributed by atoms with Crippen molar-refractivity contribution >= 4 is 11.7 Å².